The summed E-state index contributed by atoms with van der Waals surface area (Å²) in [7, 11) is 4.55. The summed E-state index contributed by atoms with van der Waals surface area (Å²) in [5.74, 6) is -0.267. The number of carbonyl (C=O) groups is 2. The van der Waals surface area contributed by atoms with Gasteiger partial charge < -0.3 is 14.4 Å². The largest absolute Gasteiger partial charge is 0.497 e. The monoisotopic (exact) mass is 413 g/mol. The van der Waals surface area contributed by atoms with Crippen LogP contribution in [0.3, 0.4) is 0 Å². The summed E-state index contributed by atoms with van der Waals surface area (Å²) >= 11 is 0. The lowest BCUT2D eigenvalue weighted by atomic mass is 9.98. The van der Waals surface area contributed by atoms with Gasteiger partial charge in [0.15, 0.2) is 0 Å². The molecule has 0 aromatic heterocycles. The Hall–Kier alpha value is -3.26. The number of carbonyl (C=O) groups excluding carboxylic acids is 2. The van der Waals surface area contributed by atoms with Crippen LogP contribution in [0.4, 0.5) is 4.39 Å². The third kappa shape index (κ3) is 4.83. The molecule has 1 aliphatic rings. The standard InChI is InChI=1S/C22H24FN3O4/c1-25(22(28)14-29-2)13-21(27)26-20(16-4-8-17(23)9-5-16)12-19(24-26)15-6-10-18(30-3)11-7-15/h4-11,20H,12-14H2,1-3H3. The highest BCUT2D eigenvalue weighted by Gasteiger charge is 2.33. The number of halogens is 1. The maximum atomic E-state index is 13.4. The number of rotatable bonds is 7. The van der Waals surface area contributed by atoms with Crippen molar-refractivity contribution in [3.8, 4) is 5.75 Å². The molecule has 0 spiro atoms. The Bertz CT molecular complexity index is 928. The lowest BCUT2D eigenvalue weighted by Gasteiger charge is -2.24. The van der Waals surface area contributed by atoms with Crippen LogP contribution in [0.2, 0.25) is 0 Å². The number of hydrogen-bond donors (Lipinski definition) is 0. The Balaban J connectivity index is 1.86. The van der Waals surface area contributed by atoms with Gasteiger partial charge in [0.2, 0.25) is 5.91 Å². The van der Waals surface area contributed by atoms with Crippen LogP contribution in [0.1, 0.15) is 23.6 Å². The first-order chi connectivity index (χ1) is 14.4. The highest BCUT2D eigenvalue weighted by atomic mass is 19.1. The van der Waals surface area contributed by atoms with E-state index in [1.807, 2.05) is 24.3 Å². The lowest BCUT2D eigenvalue weighted by Crippen LogP contribution is -2.40. The van der Waals surface area contributed by atoms with Crippen molar-refractivity contribution in [2.75, 3.05) is 34.4 Å². The van der Waals surface area contributed by atoms with Gasteiger partial charge in [0.05, 0.1) is 18.9 Å². The van der Waals surface area contributed by atoms with Crippen LogP contribution < -0.4 is 4.74 Å². The molecule has 0 fully saturated rings. The van der Waals surface area contributed by atoms with Crippen molar-refractivity contribution in [3.05, 3.63) is 65.5 Å². The zero-order valence-corrected chi connectivity index (χ0v) is 17.2. The smallest absolute Gasteiger partial charge is 0.262 e. The predicted molar refractivity (Wildman–Crippen MR) is 110 cm³/mol. The minimum absolute atomic E-state index is 0.106. The third-order valence-electron chi connectivity index (χ3n) is 4.91. The third-order valence-corrected chi connectivity index (χ3v) is 4.91. The Morgan fingerprint density at radius 2 is 1.80 bits per heavy atom. The molecule has 0 saturated carbocycles. The van der Waals surface area contributed by atoms with Crippen molar-refractivity contribution < 1.29 is 23.5 Å². The number of methoxy groups -OCH3 is 2. The summed E-state index contributed by atoms with van der Waals surface area (Å²) in [6.07, 6.45) is 0.472. The van der Waals surface area contributed by atoms with Crippen LogP contribution in [-0.2, 0) is 14.3 Å². The fraction of sp³-hybridized carbons (Fsp3) is 0.318. The van der Waals surface area contributed by atoms with Gasteiger partial charge in [-0.1, -0.05) is 12.1 Å². The summed E-state index contributed by atoms with van der Waals surface area (Å²) in [6, 6.07) is 13.0. The maximum Gasteiger partial charge on any atom is 0.262 e. The van der Waals surface area contributed by atoms with E-state index in [0.717, 1.165) is 22.6 Å². The van der Waals surface area contributed by atoms with E-state index < -0.39 is 0 Å². The molecule has 8 heteroatoms. The molecule has 2 aromatic carbocycles. The molecule has 1 atom stereocenters. The van der Waals surface area contributed by atoms with Gasteiger partial charge in [-0.05, 0) is 47.5 Å². The highest BCUT2D eigenvalue weighted by molar-refractivity contribution is 6.03. The van der Waals surface area contributed by atoms with Gasteiger partial charge >= 0.3 is 0 Å². The maximum absolute atomic E-state index is 13.4. The molecule has 30 heavy (non-hydrogen) atoms. The minimum atomic E-state index is -0.388. The van der Waals surface area contributed by atoms with Crippen molar-refractivity contribution in [2.24, 2.45) is 5.10 Å². The second kappa shape index (κ2) is 9.49. The molecule has 0 saturated heterocycles. The summed E-state index contributed by atoms with van der Waals surface area (Å²) < 4.78 is 23.4. The van der Waals surface area contributed by atoms with Crippen molar-refractivity contribution in [3.63, 3.8) is 0 Å². The Kier molecular flexibility index (Phi) is 6.79. The van der Waals surface area contributed by atoms with Crippen molar-refractivity contribution in [1.82, 2.24) is 9.91 Å². The van der Waals surface area contributed by atoms with E-state index in [1.165, 1.54) is 36.2 Å². The first-order valence-electron chi connectivity index (χ1n) is 9.45. The average molecular weight is 413 g/mol. The summed E-state index contributed by atoms with van der Waals surface area (Å²) in [4.78, 5) is 26.3. The summed E-state index contributed by atoms with van der Waals surface area (Å²) in [5.41, 5.74) is 2.36. The van der Waals surface area contributed by atoms with Gasteiger partial charge in [-0.3, -0.25) is 9.59 Å². The Labute approximate surface area is 174 Å². The molecule has 2 amide bonds. The zero-order chi connectivity index (χ0) is 21.7. The summed E-state index contributed by atoms with van der Waals surface area (Å²) in [5, 5.41) is 5.93. The van der Waals surface area contributed by atoms with E-state index in [-0.39, 0.29) is 36.8 Å². The van der Waals surface area contributed by atoms with Crippen LogP contribution in [0.5, 0.6) is 5.75 Å². The van der Waals surface area contributed by atoms with Crippen molar-refractivity contribution >= 4 is 17.5 Å². The summed E-state index contributed by atoms with van der Waals surface area (Å²) in [6.45, 7) is -0.245. The van der Waals surface area contributed by atoms with Crippen molar-refractivity contribution in [1.29, 1.82) is 0 Å². The second-order valence-electron chi connectivity index (χ2n) is 6.97. The van der Waals surface area contributed by atoms with Crippen LogP contribution in [0.15, 0.2) is 53.6 Å². The number of benzene rings is 2. The van der Waals surface area contributed by atoms with Crippen LogP contribution in [-0.4, -0.2) is 61.9 Å². The molecule has 0 bridgehead atoms. The first-order valence-corrected chi connectivity index (χ1v) is 9.45. The molecule has 158 valence electrons. The molecule has 0 radical (unpaired) electrons. The van der Waals surface area contributed by atoms with Crippen LogP contribution >= 0.6 is 0 Å². The fourth-order valence-electron chi connectivity index (χ4n) is 3.24. The van der Waals surface area contributed by atoms with E-state index >= 15 is 0 Å². The number of hydrazone groups is 1. The molecule has 0 N–H and O–H groups in total. The number of nitrogens with zero attached hydrogens (tertiary/aromatic N) is 3. The first kappa shape index (κ1) is 21.4. The number of ether oxygens (including phenoxy) is 2. The number of likely N-dealkylation sites (N-methyl/N-ethyl adjacent to an activating group) is 1. The Morgan fingerprint density at radius 1 is 1.13 bits per heavy atom. The molecule has 7 nitrogen and oxygen atoms in total. The Morgan fingerprint density at radius 3 is 2.40 bits per heavy atom. The zero-order valence-electron chi connectivity index (χ0n) is 17.2. The van der Waals surface area contributed by atoms with Gasteiger partial charge in [-0.15, -0.1) is 0 Å². The van der Waals surface area contributed by atoms with E-state index in [4.69, 9.17) is 9.47 Å². The van der Waals surface area contributed by atoms with Crippen LogP contribution in [0, 0.1) is 5.82 Å². The molecular weight excluding hydrogens is 389 g/mol. The van der Waals surface area contributed by atoms with Gasteiger partial charge in [-0.25, -0.2) is 9.40 Å². The van der Waals surface area contributed by atoms with Crippen LogP contribution in [0.25, 0.3) is 0 Å². The molecule has 1 aliphatic heterocycles. The quantitative estimate of drug-likeness (QED) is 0.700. The number of hydrogen-bond acceptors (Lipinski definition) is 5. The molecule has 0 aliphatic carbocycles. The van der Waals surface area contributed by atoms with Gasteiger partial charge in [0.1, 0.15) is 24.7 Å². The van der Waals surface area contributed by atoms with E-state index in [2.05, 4.69) is 5.10 Å². The SMILES string of the molecule is COCC(=O)N(C)CC(=O)N1N=C(c2ccc(OC)cc2)CC1c1ccc(F)cc1. The second-order valence-corrected chi connectivity index (χ2v) is 6.97. The topological polar surface area (TPSA) is 71.4 Å². The molecule has 2 aromatic rings. The molecular formula is C22H24FN3O4. The fourth-order valence-corrected chi connectivity index (χ4v) is 3.24. The highest BCUT2D eigenvalue weighted by Crippen LogP contribution is 2.33. The lowest BCUT2D eigenvalue weighted by molar-refractivity contribution is -0.142. The molecule has 1 unspecified atom stereocenters. The predicted octanol–water partition coefficient (Wildman–Crippen LogP) is 2.62. The molecule has 1 heterocycles. The van der Waals surface area contributed by atoms with E-state index in [1.54, 1.807) is 19.2 Å². The van der Waals surface area contributed by atoms with Crippen molar-refractivity contribution in [2.45, 2.75) is 12.5 Å². The van der Waals surface area contributed by atoms with Gasteiger partial charge in [-0.2, -0.15) is 5.10 Å². The van der Waals surface area contributed by atoms with E-state index in [9.17, 15) is 14.0 Å². The number of amides is 2. The van der Waals surface area contributed by atoms with E-state index in [0.29, 0.717) is 6.42 Å². The van der Waals surface area contributed by atoms with Gasteiger partial charge in [0.25, 0.3) is 5.91 Å². The normalized spacial score (nSPS) is 15.7. The minimum Gasteiger partial charge on any atom is -0.497 e. The van der Waals surface area contributed by atoms with Gasteiger partial charge in [0, 0.05) is 20.6 Å². The molecule has 3 rings (SSSR count). The average Bonchev–Trinajstić information content (AvgIpc) is 3.20.